The van der Waals surface area contributed by atoms with Gasteiger partial charge in [-0.25, -0.2) is 14.6 Å². The van der Waals surface area contributed by atoms with Gasteiger partial charge in [0.15, 0.2) is 5.75 Å². The third-order valence-electron chi connectivity index (χ3n) is 2.74. The van der Waals surface area contributed by atoms with E-state index in [4.69, 9.17) is 5.11 Å². The van der Waals surface area contributed by atoms with Gasteiger partial charge in [0.25, 0.3) is 0 Å². The Hall–Kier alpha value is -2.61. The average Bonchev–Trinajstić information content (AvgIpc) is 2.93. The molecule has 0 radical (unpaired) electrons. The summed E-state index contributed by atoms with van der Waals surface area (Å²) in [6.07, 6.45) is 0. The van der Waals surface area contributed by atoms with Crippen molar-refractivity contribution in [3.63, 3.8) is 0 Å². The molecule has 0 aliphatic rings. The molecular weight excluding hydrogens is 294 g/mol. The summed E-state index contributed by atoms with van der Waals surface area (Å²) in [5.74, 6) is -1.74. The minimum Gasteiger partial charge on any atom is -0.505 e. The summed E-state index contributed by atoms with van der Waals surface area (Å²) in [6, 6.07) is 3.66. The Bertz CT molecular complexity index is 657. The quantitative estimate of drug-likeness (QED) is 0.751. The molecule has 0 saturated heterocycles. The average molecular weight is 307 g/mol. The van der Waals surface area contributed by atoms with Gasteiger partial charge in [0.1, 0.15) is 5.56 Å². The molecule has 0 bridgehead atoms. The molecule has 21 heavy (non-hydrogen) atoms. The number of carbonyl (C=O) groups excluding carboxylic acids is 1. The van der Waals surface area contributed by atoms with Crippen LogP contribution >= 0.6 is 11.3 Å². The number of carboxylic acids is 1. The maximum atomic E-state index is 12.0. The van der Waals surface area contributed by atoms with Crippen LogP contribution in [0.25, 0.3) is 0 Å². The number of nitrogens with one attached hydrogen (secondary N) is 1. The van der Waals surface area contributed by atoms with Gasteiger partial charge in [0, 0.05) is 12.4 Å². The number of anilines is 1. The lowest BCUT2D eigenvalue weighted by atomic mass is 10.1. The third kappa shape index (κ3) is 3.48. The number of carbonyl (C=O) groups is 2. The van der Waals surface area contributed by atoms with Crippen LogP contribution in [-0.2, 0) is 6.54 Å². The summed E-state index contributed by atoms with van der Waals surface area (Å²) in [7, 11) is 1.58. The Labute approximate surface area is 124 Å². The SMILES string of the molecule is CN(Cc1cscn1)C(=O)Nc1cccc(C(=O)O)c1O. The molecule has 0 spiro atoms. The molecule has 110 valence electrons. The normalized spacial score (nSPS) is 10.1. The number of phenols is 1. The lowest BCUT2D eigenvalue weighted by Gasteiger charge is -2.17. The van der Waals surface area contributed by atoms with Crippen LogP contribution in [0.2, 0.25) is 0 Å². The fourth-order valence-electron chi connectivity index (χ4n) is 1.66. The zero-order valence-corrected chi connectivity index (χ0v) is 11.9. The van der Waals surface area contributed by atoms with E-state index in [1.807, 2.05) is 5.38 Å². The van der Waals surface area contributed by atoms with Gasteiger partial charge in [0.2, 0.25) is 0 Å². The molecule has 0 saturated carbocycles. The van der Waals surface area contributed by atoms with Crippen LogP contribution in [-0.4, -0.2) is 39.1 Å². The summed E-state index contributed by atoms with van der Waals surface area (Å²) in [6.45, 7) is 0.314. The van der Waals surface area contributed by atoms with E-state index < -0.39 is 17.7 Å². The molecule has 2 rings (SSSR count). The van der Waals surface area contributed by atoms with Gasteiger partial charge in [-0.15, -0.1) is 11.3 Å². The van der Waals surface area contributed by atoms with Gasteiger partial charge in [-0.1, -0.05) is 6.07 Å². The minimum absolute atomic E-state index is 0.0463. The van der Waals surface area contributed by atoms with Gasteiger partial charge in [0.05, 0.1) is 23.4 Å². The summed E-state index contributed by atoms with van der Waals surface area (Å²) in [5.41, 5.74) is 2.20. The predicted octanol–water partition coefficient (Wildman–Crippen LogP) is 2.21. The molecule has 1 heterocycles. The van der Waals surface area contributed by atoms with Crippen LogP contribution in [0.5, 0.6) is 5.75 Å². The summed E-state index contributed by atoms with van der Waals surface area (Å²) >= 11 is 1.43. The first-order valence-corrected chi connectivity index (χ1v) is 6.87. The molecule has 7 nitrogen and oxygen atoms in total. The highest BCUT2D eigenvalue weighted by molar-refractivity contribution is 7.07. The maximum absolute atomic E-state index is 12.0. The van der Waals surface area contributed by atoms with Crippen LogP contribution < -0.4 is 5.32 Å². The number of carboxylic acid groups (broad SMARTS) is 1. The van der Waals surface area contributed by atoms with E-state index in [-0.39, 0.29) is 11.3 Å². The van der Waals surface area contributed by atoms with Crippen LogP contribution in [0.3, 0.4) is 0 Å². The number of aromatic carboxylic acids is 1. The largest absolute Gasteiger partial charge is 0.505 e. The number of hydrogen-bond acceptors (Lipinski definition) is 5. The van der Waals surface area contributed by atoms with E-state index in [1.54, 1.807) is 12.6 Å². The number of hydrogen-bond donors (Lipinski definition) is 3. The molecule has 0 unspecified atom stereocenters. The second kappa shape index (κ2) is 6.23. The van der Waals surface area contributed by atoms with Crippen molar-refractivity contribution in [1.29, 1.82) is 0 Å². The molecule has 3 N–H and O–H groups in total. The Kier molecular flexibility index (Phi) is 4.39. The second-order valence-electron chi connectivity index (χ2n) is 4.27. The first-order chi connectivity index (χ1) is 9.99. The van der Waals surface area contributed by atoms with Crippen molar-refractivity contribution in [2.75, 3.05) is 12.4 Å². The lowest BCUT2D eigenvalue weighted by Crippen LogP contribution is -2.31. The summed E-state index contributed by atoms with van der Waals surface area (Å²) in [5, 5.41) is 23.0. The number of amides is 2. The number of aromatic hydroxyl groups is 1. The van der Waals surface area contributed by atoms with Gasteiger partial charge >= 0.3 is 12.0 Å². The van der Waals surface area contributed by atoms with Crippen molar-refractivity contribution in [3.8, 4) is 5.75 Å². The molecule has 1 aromatic carbocycles. The summed E-state index contributed by atoms with van der Waals surface area (Å²) in [4.78, 5) is 28.4. The molecule has 0 fully saturated rings. The predicted molar refractivity (Wildman–Crippen MR) is 77.7 cm³/mol. The third-order valence-corrected chi connectivity index (χ3v) is 3.37. The van der Waals surface area contributed by atoms with Crippen molar-refractivity contribution in [2.45, 2.75) is 6.54 Å². The Balaban J connectivity index is 2.09. The van der Waals surface area contributed by atoms with Crippen LogP contribution in [0, 0.1) is 0 Å². The molecule has 8 heteroatoms. The van der Waals surface area contributed by atoms with E-state index >= 15 is 0 Å². The standard InChI is InChI=1S/C13H13N3O4S/c1-16(5-8-6-21-7-14-8)13(20)15-10-4-2-3-9(11(10)17)12(18)19/h2-4,6-7,17H,5H2,1H3,(H,15,20)(H,18,19). The molecule has 0 atom stereocenters. The van der Waals surface area contributed by atoms with Gasteiger partial charge in [-0.3, -0.25) is 0 Å². The Morgan fingerprint density at radius 1 is 1.43 bits per heavy atom. The second-order valence-corrected chi connectivity index (χ2v) is 4.99. The number of thiazole rings is 1. The van der Waals surface area contributed by atoms with Crippen LogP contribution in [0.4, 0.5) is 10.5 Å². The van der Waals surface area contributed by atoms with Gasteiger partial charge in [-0.05, 0) is 12.1 Å². The zero-order valence-electron chi connectivity index (χ0n) is 11.1. The lowest BCUT2D eigenvalue weighted by molar-refractivity contribution is 0.0693. The monoisotopic (exact) mass is 307 g/mol. The summed E-state index contributed by atoms with van der Waals surface area (Å²) < 4.78 is 0. The molecule has 1 aromatic heterocycles. The number of rotatable bonds is 4. The number of para-hydroxylation sites is 1. The molecule has 0 aliphatic carbocycles. The number of benzene rings is 1. The molecule has 2 aromatic rings. The van der Waals surface area contributed by atoms with Crippen LogP contribution in [0.15, 0.2) is 29.1 Å². The Morgan fingerprint density at radius 2 is 2.19 bits per heavy atom. The van der Waals surface area contributed by atoms with Crippen LogP contribution in [0.1, 0.15) is 16.1 Å². The fourth-order valence-corrected chi connectivity index (χ4v) is 2.21. The first kappa shape index (κ1) is 14.8. The van der Waals surface area contributed by atoms with Gasteiger partial charge < -0.3 is 20.4 Å². The first-order valence-electron chi connectivity index (χ1n) is 5.93. The topological polar surface area (TPSA) is 103 Å². The van der Waals surface area contributed by atoms with E-state index in [0.717, 1.165) is 5.69 Å². The van der Waals surface area contributed by atoms with E-state index in [0.29, 0.717) is 6.54 Å². The van der Waals surface area contributed by atoms with Crippen molar-refractivity contribution >= 4 is 29.0 Å². The highest BCUT2D eigenvalue weighted by Crippen LogP contribution is 2.27. The maximum Gasteiger partial charge on any atom is 0.339 e. The van der Waals surface area contributed by atoms with E-state index in [9.17, 15) is 14.7 Å². The molecular formula is C13H13N3O4S. The number of aromatic nitrogens is 1. The van der Waals surface area contributed by atoms with E-state index in [1.165, 1.54) is 34.4 Å². The highest BCUT2D eigenvalue weighted by Gasteiger charge is 2.16. The number of nitrogens with zero attached hydrogens (tertiary/aromatic N) is 2. The molecule has 0 aliphatic heterocycles. The smallest absolute Gasteiger partial charge is 0.339 e. The van der Waals surface area contributed by atoms with E-state index in [2.05, 4.69) is 10.3 Å². The van der Waals surface area contributed by atoms with Crippen molar-refractivity contribution in [1.82, 2.24) is 9.88 Å². The van der Waals surface area contributed by atoms with Crippen molar-refractivity contribution in [2.24, 2.45) is 0 Å². The number of urea groups is 1. The Morgan fingerprint density at radius 3 is 2.81 bits per heavy atom. The van der Waals surface area contributed by atoms with Gasteiger partial charge in [-0.2, -0.15) is 0 Å². The van der Waals surface area contributed by atoms with Crippen molar-refractivity contribution < 1.29 is 19.8 Å². The molecule has 2 amide bonds. The zero-order chi connectivity index (χ0) is 15.4. The van der Waals surface area contributed by atoms with Crippen molar-refractivity contribution in [3.05, 3.63) is 40.3 Å². The minimum atomic E-state index is -1.26. The highest BCUT2D eigenvalue weighted by atomic mass is 32.1. The fraction of sp³-hybridized carbons (Fsp3) is 0.154.